The molecule has 0 amide bonds. The molecule has 0 aromatic heterocycles. The lowest BCUT2D eigenvalue weighted by Gasteiger charge is -2.28. The van der Waals surface area contributed by atoms with Crippen LogP contribution in [0.5, 0.6) is 0 Å². The molecule has 1 fully saturated rings. The van der Waals surface area contributed by atoms with Crippen LogP contribution in [0.4, 0.5) is 10.1 Å². The van der Waals surface area contributed by atoms with Crippen LogP contribution in [0.25, 0.3) is 0 Å². The molecule has 1 N–H and O–H groups in total. The van der Waals surface area contributed by atoms with Gasteiger partial charge in [0.25, 0.3) is 0 Å². The zero-order chi connectivity index (χ0) is 11.5. The number of nitrogens with one attached hydrogen (secondary N) is 1. The Morgan fingerprint density at radius 3 is 2.75 bits per heavy atom. The molecule has 1 aliphatic rings. The van der Waals surface area contributed by atoms with Gasteiger partial charge in [-0.05, 0) is 31.0 Å². The second-order valence-corrected chi connectivity index (χ2v) is 4.57. The smallest absolute Gasteiger partial charge is 0.146 e. The molecule has 16 heavy (non-hydrogen) atoms. The van der Waals surface area contributed by atoms with Crippen molar-refractivity contribution in [2.45, 2.75) is 25.3 Å². The van der Waals surface area contributed by atoms with Crippen LogP contribution in [0, 0.1) is 5.82 Å². The average Bonchev–Trinajstić information content (AvgIpc) is 2.29. The Kier molecular flexibility index (Phi) is 3.44. The van der Waals surface area contributed by atoms with Gasteiger partial charge in [0.15, 0.2) is 0 Å². The summed E-state index contributed by atoms with van der Waals surface area (Å²) in [5, 5.41) is 3.46. The summed E-state index contributed by atoms with van der Waals surface area (Å²) in [4.78, 5) is 1.86. The highest BCUT2D eigenvalue weighted by atomic mass is 19.1. The molecule has 3 heteroatoms. The Labute approximate surface area is 96.5 Å². The quantitative estimate of drug-likeness (QED) is 0.827. The largest absolute Gasteiger partial charge is 0.375 e. The summed E-state index contributed by atoms with van der Waals surface area (Å²) >= 11 is 0. The summed E-state index contributed by atoms with van der Waals surface area (Å²) in [6.45, 7) is 1.04. The van der Waals surface area contributed by atoms with E-state index < -0.39 is 0 Å². The number of anilines is 1. The molecule has 0 radical (unpaired) electrons. The van der Waals surface area contributed by atoms with Gasteiger partial charge in [-0.25, -0.2) is 4.39 Å². The first kappa shape index (κ1) is 11.4. The fraction of sp³-hybridized carbons (Fsp3) is 0.538. The summed E-state index contributed by atoms with van der Waals surface area (Å²) in [6.07, 6.45) is 3.55. The predicted octanol–water partition coefficient (Wildman–Crippen LogP) is 2.71. The predicted molar refractivity (Wildman–Crippen MR) is 65.3 cm³/mol. The highest BCUT2D eigenvalue weighted by Crippen LogP contribution is 2.32. The number of nitrogens with zero attached hydrogens (tertiary/aromatic N) is 1. The average molecular weight is 222 g/mol. The molecule has 1 aliphatic heterocycles. The van der Waals surface area contributed by atoms with Crippen LogP contribution in [-0.4, -0.2) is 20.6 Å². The topological polar surface area (TPSA) is 15.3 Å². The highest BCUT2D eigenvalue weighted by Gasteiger charge is 2.20. The van der Waals surface area contributed by atoms with Crippen LogP contribution in [-0.2, 0) is 0 Å². The Bertz CT molecular complexity index is 357. The lowest BCUT2D eigenvalue weighted by atomic mass is 9.95. The molecule has 1 atom stereocenters. The zero-order valence-corrected chi connectivity index (χ0v) is 9.96. The van der Waals surface area contributed by atoms with E-state index in [9.17, 15) is 4.39 Å². The van der Waals surface area contributed by atoms with Gasteiger partial charge in [0.05, 0.1) is 5.69 Å². The lowest BCUT2D eigenvalue weighted by Crippen LogP contribution is -2.28. The zero-order valence-electron chi connectivity index (χ0n) is 9.96. The molecule has 1 aromatic rings. The number of para-hydroxylation sites is 1. The summed E-state index contributed by atoms with van der Waals surface area (Å²) in [7, 11) is 3.79. The number of benzene rings is 1. The lowest BCUT2D eigenvalue weighted by molar-refractivity contribution is 0.411. The maximum absolute atomic E-state index is 13.8. The van der Waals surface area contributed by atoms with Crippen molar-refractivity contribution in [3.8, 4) is 0 Å². The molecule has 0 saturated carbocycles. The standard InChI is InChI=1S/C13H19FN2/c1-16(2)13-10(6-5-7-11(13)14)12-8-3-4-9-15-12/h5-7,12,15H,3-4,8-9H2,1-2H3. The molecule has 1 unspecified atom stereocenters. The van der Waals surface area contributed by atoms with Gasteiger partial charge in [-0.15, -0.1) is 0 Å². The van der Waals surface area contributed by atoms with Crippen molar-refractivity contribution >= 4 is 5.69 Å². The van der Waals surface area contributed by atoms with E-state index in [4.69, 9.17) is 0 Å². The van der Waals surface area contributed by atoms with Gasteiger partial charge < -0.3 is 10.2 Å². The van der Waals surface area contributed by atoms with Gasteiger partial charge >= 0.3 is 0 Å². The fourth-order valence-corrected chi connectivity index (χ4v) is 2.40. The first-order chi connectivity index (χ1) is 7.70. The van der Waals surface area contributed by atoms with Crippen LogP contribution in [0.2, 0.25) is 0 Å². The minimum atomic E-state index is -0.130. The van der Waals surface area contributed by atoms with Crippen LogP contribution < -0.4 is 10.2 Å². The van der Waals surface area contributed by atoms with E-state index in [2.05, 4.69) is 5.32 Å². The Morgan fingerprint density at radius 2 is 2.12 bits per heavy atom. The third-order valence-corrected chi connectivity index (χ3v) is 3.15. The fourth-order valence-electron chi connectivity index (χ4n) is 2.40. The van der Waals surface area contributed by atoms with Crippen molar-refractivity contribution < 1.29 is 4.39 Å². The van der Waals surface area contributed by atoms with Crippen LogP contribution in [0.3, 0.4) is 0 Å². The maximum atomic E-state index is 13.8. The van der Waals surface area contributed by atoms with Crippen LogP contribution in [0.1, 0.15) is 30.9 Å². The summed E-state index contributed by atoms with van der Waals surface area (Å²) in [6, 6.07) is 5.67. The van der Waals surface area contributed by atoms with Crippen molar-refractivity contribution in [3.05, 3.63) is 29.6 Å². The van der Waals surface area contributed by atoms with Crippen molar-refractivity contribution in [2.75, 3.05) is 25.5 Å². The second kappa shape index (κ2) is 4.83. The maximum Gasteiger partial charge on any atom is 0.146 e. The number of halogens is 1. The van der Waals surface area contributed by atoms with Crippen molar-refractivity contribution in [1.82, 2.24) is 5.32 Å². The molecule has 0 aliphatic carbocycles. The third kappa shape index (κ3) is 2.19. The normalized spacial score (nSPS) is 20.8. The SMILES string of the molecule is CN(C)c1c(F)cccc1C1CCCCN1. The van der Waals surface area contributed by atoms with Gasteiger partial charge in [-0.2, -0.15) is 0 Å². The molecule has 1 aromatic carbocycles. The van der Waals surface area contributed by atoms with Crippen molar-refractivity contribution in [1.29, 1.82) is 0 Å². The third-order valence-electron chi connectivity index (χ3n) is 3.15. The van der Waals surface area contributed by atoms with Gasteiger partial charge in [0, 0.05) is 20.1 Å². The molecule has 2 nitrogen and oxygen atoms in total. The van der Waals surface area contributed by atoms with E-state index in [1.807, 2.05) is 25.1 Å². The molecule has 1 heterocycles. The van der Waals surface area contributed by atoms with Crippen molar-refractivity contribution in [2.24, 2.45) is 0 Å². The summed E-state index contributed by atoms with van der Waals surface area (Å²) in [5.74, 6) is -0.130. The molecular formula is C13H19FN2. The summed E-state index contributed by atoms with van der Waals surface area (Å²) in [5.41, 5.74) is 1.81. The molecule has 0 spiro atoms. The number of rotatable bonds is 2. The van der Waals surface area contributed by atoms with Gasteiger partial charge in [0.2, 0.25) is 0 Å². The second-order valence-electron chi connectivity index (χ2n) is 4.57. The van der Waals surface area contributed by atoms with E-state index in [-0.39, 0.29) is 5.82 Å². The Morgan fingerprint density at radius 1 is 1.31 bits per heavy atom. The molecule has 1 saturated heterocycles. The van der Waals surface area contributed by atoms with E-state index in [1.165, 1.54) is 18.9 Å². The van der Waals surface area contributed by atoms with Crippen LogP contribution >= 0.6 is 0 Å². The highest BCUT2D eigenvalue weighted by molar-refractivity contribution is 5.55. The van der Waals surface area contributed by atoms with Gasteiger partial charge in [-0.3, -0.25) is 0 Å². The van der Waals surface area contributed by atoms with Crippen molar-refractivity contribution in [3.63, 3.8) is 0 Å². The molecule has 0 bridgehead atoms. The van der Waals surface area contributed by atoms with E-state index in [1.54, 1.807) is 6.07 Å². The van der Waals surface area contributed by atoms with E-state index in [0.29, 0.717) is 6.04 Å². The van der Waals surface area contributed by atoms with E-state index in [0.717, 1.165) is 24.2 Å². The Hall–Kier alpha value is -1.09. The van der Waals surface area contributed by atoms with E-state index >= 15 is 0 Å². The minimum Gasteiger partial charge on any atom is -0.375 e. The van der Waals surface area contributed by atoms with Gasteiger partial charge in [-0.1, -0.05) is 18.6 Å². The first-order valence-corrected chi connectivity index (χ1v) is 5.89. The number of hydrogen-bond donors (Lipinski definition) is 1. The monoisotopic (exact) mass is 222 g/mol. The first-order valence-electron chi connectivity index (χ1n) is 5.89. The minimum absolute atomic E-state index is 0.130. The molecule has 88 valence electrons. The number of piperidine rings is 1. The molecule has 2 rings (SSSR count). The molecular weight excluding hydrogens is 203 g/mol. The van der Waals surface area contributed by atoms with Gasteiger partial charge in [0.1, 0.15) is 5.82 Å². The summed E-state index contributed by atoms with van der Waals surface area (Å²) < 4.78 is 13.8. The number of hydrogen-bond acceptors (Lipinski definition) is 2. The Balaban J connectivity index is 2.34. The van der Waals surface area contributed by atoms with Crippen LogP contribution in [0.15, 0.2) is 18.2 Å².